The summed E-state index contributed by atoms with van der Waals surface area (Å²) in [6.45, 7) is 7.68. The summed E-state index contributed by atoms with van der Waals surface area (Å²) in [7, 11) is 0. The van der Waals surface area contributed by atoms with Crippen molar-refractivity contribution in [3.63, 3.8) is 0 Å². The third kappa shape index (κ3) is 5.10. The van der Waals surface area contributed by atoms with E-state index in [1.165, 1.54) is 0 Å². The minimum atomic E-state index is 0.0609. The lowest BCUT2D eigenvalue weighted by Gasteiger charge is -2.11. The van der Waals surface area contributed by atoms with Crippen LogP contribution in [-0.4, -0.2) is 24.5 Å². The van der Waals surface area contributed by atoms with E-state index in [1.54, 1.807) is 0 Å². The number of aliphatic imine (C=N–C) groups is 1. The van der Waals surface area contributed by atoms with Gasteiger partial charge in [0.1, 0.15) is 0 Å². The summed E-state index contributed by atoms with van der Waals surface area (Å²) in [5.41, 5.74) is 1.95. The summed E-state index contributed by atoms with van der Waals surface area (Å²) < 4.78 is 0. The molecule has 1 amide bonds. The van der Waals surface area contributed by atoms with Gasteiger partial charge in [0, 0.05) is 24.7 Å². The molecule has 0 radical (unpaired) electrons. The normalized spacial score (nSPS) is 17.3. The van der Waals surface area contributed by atoms with Gasteiger partial charge in [-0.1, -0.05) is 26.0 Å². The van der Waals surface area contributed by atoms with E-state index in [4.69, 9.17) is 0 Å². The predicted molar refractivity (Wildman–Crippen MR) is 86.3 cm³/mol. The number of hydrogen-bond donors (Lipinski definition) is 3. The lowest BCUT2D eigenvalue weighted by atomic mass is 10.1. The number of nitrogens with zero attached hydrogens (tertiary/aromatic N) is 1. The maximum absolute atomic E-state index is 11.8. The lowest BCUT2D eigenvalue weighted by molar-refractivity contribution is -0.116. The standard InChI is InChI=1S/C16H24N4O/c1-11(2)7-15(21)20-14-6-4-5-13(8-14)10-18-16-17-9-12(3)19-16/h4-6,8,11-12H,7,9-10H2,1-3H3,(H,20,21)(H2,17,18,19). The fourth-order valence-electron chi connectivity index (χ4n) is 2.19. The second-order valence-electron chi connectivity index (χ2n) is 5.93. The van der Waals surface area contributed by atoms with Crippen LogP contribution in [0.4, 0.5) is 5.69 Å². The Morgan fingerprint density at radius 1 is 1.48 bits per heavy atom. The maximum atomic E-state index is 11.8. The van der Waals surface area contributed by atoms with Gasteiger partial charge in [0.05, 0.1) is 6.54 Å². The van der Waals surface area contributed by atoms with E-state index in [9.17, 15) is 4.79 Å². The van der Waals surface area contributed by atoms with Crippen molar-refractivity contribution in [2.45, 2.75) is 39.8 Å². The van der Waals surface area contributed by atoms with Crippen LogP contribution in [0.25, 0.3) is 0 Å². The van der Waals surface area contributed by atoms with Crippen LogP contribution in [0.3, 0.4) is 0 Å². The van der Waals surface area contributed by atoms with Gasteiger partial charge in [-0.2, -0.15) is 0 Å². The summed E-state index contributed by atoms with van der Waals surface area (Å²) >= 11 is 0. The summed E-state index contributed by atoms with van der Waals surface area (Å²) in [5, 5.41) is 9.46. The molecule has 1 aliphatic heterocycles. The monoisotopic (exact) mass is 288 g/mol. The van der Waals surface area contributed by atoms with Crippen LogP contribution >= 0.6 is 0 Å². The highest BCUT2D eigenvalue weighted by atomic mass is 16.1. The molecular weight excluding hydrogens is 264 g/mol. The van der Waals surface area contributed by atoms with Gasteiger partial charge in [0.15, 0.2) is 5.96 Å². The Morgan fingerprint density at radius 3 is 2.95 bits per heavy atom. The predicted octanol–water partition coefficient (Wildman–Crippen LogP) is 2.11. The van der Waals surface area contributed by atoms with Gasteiger partial charge in [-0.3, -0.25) is 9.79 Å². The third-order valence-electron chi connectivity index (χ3n) is 3.17. The van der Waals surface area contributed by atoms with Crippen LogP contribution in [0.15, 0.2) is 29.3 Å². The lowest BCUT2D eigenvalue weighted by Crippen LogP contribution is -2.37. The molecule has 0 aliphatic carbocycles. The molecule has 0 saturated heterocycles. The molecule has 1 aromatic rings. The number of rotatable bonds is 5. The smallest absolute Gasteiger partial charge is 0.224 e. The van der Waals surface area contributed by atoms with Crippen molar-refractivity contribution in [2.24, 2.45) is 10.9 Å². The molecule has 0 saturated carbocycles. The molecule has 1 unspecified atom stereocenters. The van der Waals surface area contributed by atoms with E-state index >= 15 is 0 Å². The molecule has 5 heteroatoms. The van der Waals surface area contributed by atoms with E-state index in [1.807, 2.05) is 38.1 Å². The molecule has 1 aliphatic rings. The van der Waals surface area contributed by atoms with Crippen LogP contribution in [0.1, 0.15) is 32.8 Å². The van der Waals surface area contributed by atoms with Crippen molar-refractivity contribution in [3.05, 3.63) is 29.8 Å². The molecule has 0 aromatic heterocycles. The Kier molecular flexibility index (Phi) is 5.20. The van der Waals surface area contributed by atoms with Crippen LogP contribution < -0.4 is 16.0 Å². The second-order valence-corrected chi connectivity index (χ2v) is 5.93. The number of benzene rings is 1. The van der Waals surface area contributed by atoms with Gasteiger partial charge in [0.25, 0.3) is 0 Å². The van der Waals surface area contributed by atoms with Crippen molar-refractivity contribution in [3.8, 4) is 0 Å². The molecule has 0 fully saturated rings. The van der Waals surface area contributed by atoms with E-state index in [-0.39, 0.29) is 5.91 Å². The van der Waals surface area contributed by atoms with Crippen LogP contribution in [0.5, 0.6) is 0 Å². The molecule has 0 spiro atoms. The summed E-state index contributed by atoms with van der Waals surface area (Å²) in [5.74, 6) is 1.27. The van der Waals surface area contributed by atoms with Crippen LogP contribution in [0, 0.1) is 5.92 Å². The molecule has 114 valence electrons. The number of guanidine groups is 1. The molecule has 3 N–H and O–H groups in total. The number of hydrogen-bond acceptors (Lipinski definition) is 4. The van der Waals surface area contributed by atoms with Gasteiger partial charge in [-0.15, -0.1) is 0 Å². The van der Waals surface area contributed by atoms with Crippen molar-refractivity contribution >= 4 is 17.6 Å². The van der Waals surface area contributed by atoms with Gasteiger partial charge in [-0.05, 0) is 30.5 Å². The average molecular weight is 288 g/mol. The fraction of sp³-hybridized carbons (Fsp3) is 0.500. The maximum Gasteiger partial charge on any atom is 0.224 e. The van der Waals surface area contributed by atoms with Crippen LogP contribution in [-0.2, 0) is 11.3 Å². The topological polar surface area (TPSA) is 65.5 Å². The van der Waals surface area contributed by atoms with E-state index in [0.29, 0.717) is 24.9 Å². The SMILES string of the molecule is CC(C)CC(=O)Nc1cccc(CNC2=NCC(C)N2)c1. The minimum Gasteiger partial charge on any atom is -0.352 e. The Morgan fingerprint density at radius 2 is 2.29 bits per heavy atom. The van der Waals surface area contributed by atoms with Crippen LogP contribution in [0.2, 0.25) is 0 Å². The van der Waals surface area contributed by atoms with E-state index < -0.39 is 0 Å². The number of carbonyl (C=O) groups is 1. The van der Waals surface area contributed by atoms with E-state index in [0.717, 1.165) is 23.8 Å². The van der Waals surface area contributed by atoms with Gasteiger partial charge < -0.3 is 16.0 Å². The zero-order valence-electron chi connectivity index (χ0n) is 12.9. The van der Waals surface area contributed by atoms with Gasteiger partial charge >= 0.3 is 0 Å². The molecule has 21 heavy (non-hydrogen) atoms. The Bertz CT molecular complexity index is 525. The van der Waals surface area contributed by atoms with Crippen molar-refractivity contribution in [1.29, 1.82) is 0 Å². The highest BCUT2D eigenvalue weighted by Gasteiger charge is 2.11. The Hall–Kier alpha value is -2.04. The summed E-state index contributed by atoms with van der Waals surface area (Å²) in [4.78, 5) is 16.1. The quantitative estimate of drug-likeness (QED) is 0.777. The van der Waals surface area contributed by atoms with Gasteiger partial charge in [0.2, 0.25) is 5.91 Å². The molecule has 2 rings (SSSR count). The number of nitrogens with one attached hydrogen (secondary N) is 3. The average Bonchev–Trinajstić information content (AvgIpc) is 2.81. The Labute approximate surface area is 126 Å². The molecule has 5 nitrogen and oxygen atoms in total. The third-order valence-corrected chi connectivity index (χ3v) is 3.17. The highest BCUT2D eigenvalue weighted by Crippen LogP contribution is 2.12. The highest BCUT2D eigenvalue weighted by molar-refractivity contribution is 5.90. The molecular formula is C16H24N4O. The number of carbonyl (C=O) groups excluding carboxylic acids is 1. The largest absolute Gasteiger partial charge is 0.352 e. The first kappa shape index (κ1) is 15.4. The first-order valence-electron chi connectivity index (χ1n) is 7.46. The van der Waals surface area contributed by atoms with Crippen molar-refractivity contribution < 1.29 is 4.79 Å². The van der Waals surface area contributed by atoms with E-state index in [2.05, 4.69) is 27.9 Å². The number of anilines is 1. The molecule has 0 bridgehead atoms. The first-order chi connectivity index (χ1) is 10.0. The molecule has 1 atom stereocenters. The fourth-order valence-corrected chi connectivity index (χ4v) is 2.19. The summed E-state index contributed by atoms with van der Waals surface area (Å²) in [6, 6.07) is 8.28. The minimum absolute atomic E-state index is 0.0609. The molecule has 1 aromatic carbocycles. The summed E-state index contributed by atoms with van der Waals surface area (Å²) in [6.07, 6.45) is 0.543. The zero-order chi connectivity index (χ0) is 15.2. The first-order valence-corrected chi connectivity index (χ1v) is 7.46. The molecule has 1 heterocycles. The van der Waals surface area contributed by atoms with Gasteiger partial charge in [-0.25, -0.2) is 0 Å². The zero-order valence-corrected chi connectivity index (χ0v) is 12.9. The Balaban J connectivity index is 1.87. The van der Waals surface area contributed by atoms with Crippen molar-refractivity contribution in [2.75, 3.05) is 11.9 Å². The number of amides is 1. The van der Waals surface area contributed by atoms with Crippen molar-refractivity contribution in [1.82, 2.24) is 10.6 Å². The second kappa shape index (κ2) is 7.11.